The van der Waals surface area contributed by atoms with Crippen LogP contribution in [0.1, 0.15) is 50.8 Å². The number of alkyl halides is 2. The van der Waals surface area contributed by atoms with Gasteiger partial charge in [0.2, 0.25) is 0 Å². The molecule has 94 valence electrons. The van der Waals surface area contributed by atoms with E-state index in [9.17, 15) is 9.59 Å². The Morgan fingerprint density at radius 1 is 1.41 bits per heavy atom. The molecule has 0 spiro atoms. The number of halogens is 2. The first-order chi connectivity index (χ1) is 7.90. The largest absolute Gasteiger partial charge is 0.461 e. The lowest BCUT2D eigenvalue weighted by Crippen LogP contribution is -2.07. The number of hydrogen-bond acceptors (Lipinski definition) is 3. The summed E-state index contributed by atoms with van der Waals surface area (Å²) < 4.78 is 4.87. The van der Waals surface area contributed by atoms with Crippen LogP contribution in [0.2, 0.25) is 0 Å². The van der Waals surface area contributed by atoms with Crippen LogP contribution in [0.25, 0.3) is 0 Å². The number of carbonyl (C=O) groups is 2. The van der Waals surface area contributed by atoms with Gasteiger partial charge in [0.25, 0.3) is 0 Å². The van der Waals surface area contributed by atoms with Gasteiger partial charge in [-0.2, -0.15) is 0 Å². The molecule has 0 aliphatic heterocycles. The molecule has 1 rings (SSSR count). The van der Waals surface area contributed by atoms with Crippen molar-refractivity contribution in [1.82, 2.24) is 4.98 Å². The van der Waals surface area contributed by atoms with Crippen LogP contribution in [0, 0.1) is 6.92 Å². The summed E-state index contributed by atoms with van der Waals surface area (Å²) in [4.78, 5) is 25.0. The molecule has 0 amide bonds. The number of ether oxygens (including phenoxy) is 1. The quantitative estimate of drug-likeness (QED) is 0.522. The van der Waals surface area contributed by atoms with E-state index in [2.05, 4.69) is 4.98 Å². The summed E-state index contributed by atoms with van der Waals surface area (Å²) in [6.07, 6.45) is 0. The van der Waals surface area contributed by atoms with Gasteiger partial charge in [0.05, 0.1) is 12.3 Å². The fraction of sp³-hybridized carbons (Fsp3) is 0.455. The van der Waals surface area contributed by atoms with Crippen molar-refractivity contribution in [3.05, 3.63) is 22.5 Å². The molecule has 1 aromatic rings. The van der Waals surface area contributed by atoms with Gasteiger partial charge in [0.15, 0.2) is 5.78 Å². The number of rotatable bonds is 4. The average Bonchev–Trinajstić information content (AvgIpc) is 2.56. The first kappa shape index (κ1) is 14.1. The zero-order valence-electron chi connectivity index (χ0n) is 9.77. The molecular weight excluding hydrogens is 265 g/mol. The van der Waals surface area contributed by atoms with Gasteiger partial charge in [0.1, 0.15) is 10.5 Å². The summed E-state index contributed by atoms with van der Waals surface area (Å²) in [6.45, 7) is 5.01. The van der Waals surface area contributed by atoms with Crippen LogP contribution >= 0.6 is 23.2 Å². The lowest BCUT2D eigenvalue weighted by atomic mass is 10.1. The molecule has 1 heterocycles. The lowest BCUT2D eigenvalue weighted by molar-refractivity contribution is 0.0519. The van der Waals surface area contributed by atoms with Crippen molar-refractivity contribution in [2.24, 2.45) is 0 Å². The average molecular weight is 278 g/mol. The van der Waals surface area contributed by atoms with Crippen molar-refractivity contribution in [2.75, 3.05) is 6.61 Å². The molecule has 0 aromatic carbocycles. The van der Waals surface area contributed by atoms with E-state index < -0.39 is 10.8 Å². The molecule has 0 fully saturated rings. The SMILES string of the molecule is CCOC(=O)c1[nH]c(C(Cl)Cl)c(C(C)=O)c1C. The monoisotopic (exact) mass is 277 g/mol. The first-order valence-electron chi connectivity index (χ1n) is 5.08. The summed E-state index contributed by atoms with van der Waals surface area (Å²) in [7, 11) is 0. The second-order valence-corrected chi connectivity index (χ2v) is 4.59. The maximum atomic E-state index is 11.6. The molecule has 0 unspecified atom stereocenters. The molecule has 0 bridgehead atoms. The Labute approximate surface area is 109 Å². The molecule has 0 aliphatic rings. The third-order valence-corrected chi connectivity index (χ3v) is 2.77. The maximum absolute atomic E-state index is 11.6. The molecule has 0 radical (unpaired) electrons. The Morgan fingerprint density at radius 2 is 2.00 bits per heavy atom. The molecular formula is C11H13Cl2NO3. The second-order valence-electron chi connectivity index (χ2n) is 3.49. The molecule has 0 saturated heterocycles. The van der Waals surface area contributed by atoms with Gasteiger partial charge in [-0.25, -0.2) is 4.79 Å². The highest BCUT2D eigenvalue weighted by Crippen LogP contribution is 2.31. The molecule has 6 heteroatoms. The summed E-state index contributed by atoms with van der Waals surface area (Å²) in [5.74, 6) is -0.719. The Hall–Kier alpha value is -1.00. The first-order valence-corrected chi connectivity index (χ1v) is 5.96. The topological polar surface area (TPSA) is 59.2 Å². The molecule has 1 aromatic heterocycles. The molecule has 17 heavy (non-hydrogen) atoms. The van der Waals surface area contributed by atoms with Crippen molar-refractivity contribution in [3.63, 3.8) is 0 Å². The van der Waals surface area contributed by atoms with E-state index in [0.29, 0.717) is 16.8 Å². The fourth-order valence-corrected chi connectivity index (χ4v) is 1.97. The number of carbonyl (C=O) groups excluding carboxylic acids is 2. The molecule has 0 aliphatic carbocycles. The summed E-state index contributed by atoms with van der Waals surface area (Å²) >= 11 is 11.5. The number of hydrogen-bond donors (Lipinski definition) is 1. The molecule has 0 saturated carbocycles. The minimum absolute atomic E-state index is 0.199. The van der Waals surface area contributed by atoms with Crippen molar-refractivity contribution in [3.8, 4) is 0 Å². The molecule has 0 atom stereocenters. The number of esters is 1. The van der Waals surface area contributed by atoms with Gasteiger partial charge in [-0.05, 0) is 26.3 Å². The highest BCUT2D eigenvalue weighted by atomic mass is 35.5. The van der Waals surface area contributed by atoms with E-state index in [1.54, 1.807) is 13.8 Å². The van der Waals surface area contributed by atoms with Gasteiger partial charge >= 0.3 is 5.97 Å². The van der Waals surface area contributed by atoms with Crippen LogP contribution in [0.15, 0.2) is 0 Å². The van der Waals surface area contributed by atoms with Crippen LogP contribution in [-0.2, 0) is 4.74 Å². The van der Waals surface area contributed by atoms with E-state index in [0.717, 1.165) is 0 Å². The highest BCUT2D eigenvalue weighted by Gasteiger charge is 2.25. The Morgan fingerprint density at radius 3 is 2.35 bits per heavy atom. The number of aromatic nitrogens is 1. The van der Waals surface area contributed by atoms with Crippen LogP contribution < -0.4 is 0 Å². The third kappa shape index (κ3) is 2.82. The van der Waals surface area contributed by atoms with E-state index in [-0.39, 0.29) is 18.1 Å². The smallest absolute Gasteiger partial charge is 0.355 e. The van der Waals surface area contributed by atoms with Crippen molar-refractivity contribution < 1.29 is 14.3 Å². The van der Waals surface area contributed by atoms with Gasteiger partial charge in [-0.3, -0.25) is 4.79 Å². The summed E-state index contributed by atoms with van der Waals surface area (Å²) in [5, 5.41) is 0. The third-order valence-electron chi connectivity index (χ3n) is 2.33. The van der Waals surface area contributed by atoms with Gasteiger partial charge in [0, 0.05) is 5.56 Å². The van der Waals surface area contributed by atoms with Crippen LogP contribution in [-0.4, -0.2) is 23.3 Å². The lowest BCUT2D eigenvalue weighted by Gasteiger charge is -2.01. The number of ketones is 1. The second kappa shape index (κ2) is 5.56. The van der Waals surface area contributed by atoms with Crippen LogP contribution in [0.5, 0.6) is 0 Å². The van der Waals surface area contributed by atoms with Crippen molar-refractivity contribution in [1.29, 1.82) is 0 Å². The van der Waals surface area contributed by atoms with Crippen LogP contribution in [0.4, 0.5) is 0 Å². The van der Waals surface area contributed by atoms with E-state index in [1.165, 1.54) is 6.92 Å². The molecule has 1 N–H and O–H groups in total. The zero-order chi connectivity index (χ0) is 13.2. The van der Waals surface area contributed by atoms with E-state index in [4.69, 9.17) is 27.9 Å². The summed E-state index contributed by atoms with van der Waals surface area (Å²) in [6, 6.07) is 0. The Balaban J connectivity index is 3.31. The van der Waals surface area contributed by atoms with Crippen molar-refractivity contribution in [2.45, 2.75) is 25.6 Å². The zero-order valence-corrected chi connectivity index (χ0v) is 11.3. The summed E-state index contributed by atoms with van der Waals surface area (Å²) in [5.41, 5.74) is 1.42. The number of nitrogens with one attached hydrogen (secondary N) is 1. The highest BCUT2D eigenvalue weighted by molar-refractivity contribution is 6.44. The molecule has 4 nitrogen and oxygen atoms in total. The Kier molecular flexibility index (Phi) is 4.60. The van der Waals surface area contributed by atoms with E-state index in [1.807, 2.05) is 0 Å². The van der Waals surface area contributed by atoms with Gasteiger partial charge < -0.3 is 9.72 Å². The van der Waals surface area contributed by atoms with Gasteiger partial charge in [-0.1, -0.05) is 23.2 Å². The van der Waals surface area contributed by atoms with Crippen molar-refractivity contribution >= 4 is 35.0 Å². The maximum Gasteiger partial charge on any atom is 0.355 e. The standard InChI is InChI=1S/C11H13Cl2NO3/c1-4-17-11(16)8-5(2)7(6(3)15)9(14-8)10(12)13/h10,14H,4H2,1-3H3. The minimum atomic E-state index is -0.893. The van der Waals surface area contributed by atoms with E-state index >= 15 is 0 Å². The normalized spacial score (nSPS) is 10.7. The number of Topliss-reactive ketones (excluding diaryl/α,β-unsaturated/α-hetero) is 1. The predicted octanol–water partition coefficient (Wildman–Crippen LogP) is 3.18. The minimum Gasteiger partial charge on any atom is -0.461 e. The number of aromatic amines is 1. The van der Waals surface area contributed by atoms with Gasteiger partial charge in [-0.15, -0.1) is 0 Å². The van der Waals surface area contributed by atoms with Crippen LogP contribution in [0.3, 0.4) is 0 Å². The number of H-pyrrole nitrogens is 1. The predicted molar refractivity (Wildman–Crippen MR) is 65.9 cm³/mol. The Bertz CT molecular complexity index is 452. The fourth-order valence-electron chi connectivity index (χ4n) is 1.64.